The lowest BCUT2D eigenvalue weighted by atomic mass is 9.96. The predicted molar refractivity (Wildman–Crippen MR) is 65.8 cm³/mol. The molecule has 0 aromatic heterocycles. The minimum Gasteiger partial charge on any atom is -0.305 e. The maximum atomic E-state index is 11.9. The van der Waals surface area contributed by atoms with Gasteiger partial charge in [0.2, 0.25) is 0 Å². The summed E-state index contributed by atoms with van der Waals surface area (Å²) < 4.78 is 0. The third kappa shape index (κ3) is 6.67. The van der Waals surface area contributed by atoms with Crippen LogP contribution in [0.1, 0.15) is 47.0 Å². The molecule has 1 unspecified atom stereocenters. The lowest BCUT2D eigenvalue weighted by molar-refractivity contribution is -0.124. The molecule has 0 aromatic carbocycles. The monoisotopic (exact) mass is 227 g/mol. The van der Waals surface area contributed by atoms with Crippen LogP contribution in [0.2, 0.25) is 0 Å². The molecule has 0 saturated carbocycles. The molecule has 0 fully saturated rings. The third-order valence-electron chi connectivity index (χ3n) is 2.46. The Morgan fingerprint density at radius 1 is 1.25 bits per heavy atom. The highest BCUT2D eigenvalue weighted by atomic mass is 16.1. The number of rotatable bonds is 9. The van der Waals surface area contributed by atoms with Crippen LogP contribution in [-0.2, 0) is 4.79 Å². The summed E-state index contributed by atoms with van der Waals surface area (Å²) in [5, 5.41) is 6.63. The first-order valence-corrected chi connectivity index (χ1v) is 6.12. The first-order valence-electron chi connectivity index (χ1n) is 6.12. The fourth-order valence-corrected chi connectivity index (χ4v) is 1.65. The van der Waals surface area contributed by atoms with Crippen LogP contribution in [0, 0.1) is 11.4 Å². The molecule has 16 heavy (non-hydrogen) atoms. The van der Waals surface area contributed by atoms with Crippen LogP contribution < -0.4 is 5.32 Å². The Balaban J connectivity index is 4.10. The summed E-state index contributed by atoms with van der Waals surface area (Å²) in [4.78, 5) is 11.9. The van der Waals surface area contributed by atoms with Gasteiger partial charge in [0.25, 0.3) is 0 Å². The molecule has 0 rings (SSSR count). The topological polar surface area (TPSA) is 65.3 Å². The van der Waals surface area contributed by atoms with E-state index in [1.54, 1.807) is 0 Å². The summed E-state index contributed by atoms with van der Waals surface area (Å²) in [5.41, 5.74) is 6.70. The van der Waals surface area contributed by atoms with Gasteiger partial charge in [-0.2, -0.15) is 5.11 Å². The van der Waals surface area contributed by atoms with Gasteiger partial charge in [-0.25, -0.2) is 5.53 Å². The van der Waals surface area contributed by atoms with Crippen molar-refractivity contribution in [3.8, 4) is 0 Å². The van der Waals surface area contributed by atoms with Gasteiger partial charge < -0.3 is 5.32 Å². The Kier molecular flexibility index (Phi) is 7.99. The standard InChI is InChI=1S/C12H25N3O/c1-9(2)12(16)11(15-10(3)4)7-5-6-8-14-13/h9-11,13,15H,5-8H2,1-4H3. The predicted octanol–water partition coefficient (Wildman–Crippen LogP) is 2.78. The van der Waals surface area contributed by atoms with Crippen LogP contribution in [-0.4, -0.2) is 24.4 Å². The minimum atomic E-state index is -0.0364. The Labute approximate surface area is 98.7 Å². The first-order chi connectivity index (χ1) is 7.49. The van der Waals surface area contributed by atoms with E-state index in [1.807, 2.05) is 13.8 Å². The van der Waals surface area contributed by atoms with E-state index in [0.29, 0.717) is 12.6 Å². The molecule has 0 aliphatic carbocycles. The van der Waals surface area contributed by atoms with Crippen LogP contribution in [0.25, 0.3) is 0 Å². The van der Waals surface area contributed by atoms with Crippen LogP contribution in [0.4, 0.5) is 0 Å². The van der Waals surface area contributed by atoms with E-state index < -0.39 is 0 Å². The van der Waals surface area contributed by atoms with Gasteiger partial charge in [0.05, 0.1) is 12.6 Å². The minimum absolute atomic E-state index is 0.0364. The third-order valence-corrected chi connectivity index (χ3v) is 2.46. The Morgan fingerprint density at radius 2 is 1.88 bits per heavy atom. The van der Waals surface area contributed by atoms with E-state index >= 15 is 0 Å². The molecule has 4 nitrogen and oxygen atoms in total. The fraction of sp³-hybridized carbons (Fsp3) is 0.917. The van der Waals surface area contributed by atoms with Gasteiger partial charge in [-0.1, -0.05) is 27.7 Å². The number of Topliss-reactive ketones (excluding diaryl/α,β-unsaturated/α-hetero) is 1. The van der Waals surface area contributed by atoms with Gasteiger partial charge in [-0.05, 0) is 19.3 Å². The zero-order valence-corrected chi connectivity index (χ0v) is 10.9. The number of hydrogen-bond donors (Lipinski definition) is 2. The summed E-state index contributed by atoms with van der Waals surface area (Å²) in [7, 11) is 0. The molecule has 94 valence electrons. The maximum absolute atomic E-state index is 11.9. The quantitative estimate of drug-likeness (QED) is 0.470. The van der Waals surface area contributed by atoms with Crippen LogP contribution in [0.5, 0.6) is 0 Å². The highest BCUT2D eigenvalue weighted by Crippen LogP contribution is 2.08. The first kappa shape index (κ1) is 15.2. The zero-order valence-electron chi connectivity index (χ0n) is 10.9. The molecule has 0 amide bonds. The number of hydrogen-bond acceptors (Lipinski definition) is 4. The van der Waals surface area contributed by atoms with E-state index in [1.165, 1.54) is 0 Å². The van der Waals surface area contributed by atoms with E-state index in [9.17, 15) is 4.79 Å². The van der Waals surface area contributed by atoms with Crippen molar-refractivity contribution in [2.45, 2.75) is 59.0 Å². The van der Waals surface area contributed by atoms with Crippen molar-refractivity contribution in [1.82, 2.24) is 5.32 Å². The van der Waals surface area contributed by atoms with E-state index in [4.69, 9.17) is 5.53 Å². The molecular formula is C12H25N3O. The molecule has 4 heteroatoms. The van der Waals surface area contributed by atoms with Crippen molar-refractivity contribution < 1.29 is 4.79 Å². The maximum Gasteiger partial charge on any atom is 0.152 e. The Bertz CT molecular complexity index is 214. The number of ketones is 1. The van der Waals surface area contributed by atoms with Gasteiger partial charge in [0.1, 0.15) is 0 Å². The molecule has 0 aliphatic rings. The Hall–Kier alpha value is -0.770. The van der Waals surface area contributed by atoms with Gasteiger partial charge in [-0.15, -0.1) is 0 Å². The van der Waals surface area contributed by atoms with Crippen molar-refractivity contribution in [2.24, 2.45) is 11.0 Å². The molecule has 0 aromatic rings. The van der Waals surface area contributed by atoms with Crippen molar-refractivity contribution in [2.75, 3.05) is 6.54 Å². The smallest absolute Gasteiger partial charge is 0.152 e. The van der Waals surface area contributed by atoms with Crippen molar-refractivity contribution >= 4 is 5.78 Å². The molecule has 0 bridgehead atoms. The summed E-state index contributed by atoms with van der Waals surface area (Å²) in [6.07, 6.45) is 2.70. The molecule has 0 aliphatic heterocycles. The number of nitrogens with one attached hydrogen (secondary N) is 2. The van der Waals surface area contributed by atoms with Crippen LogP contribution >= 0.6 is 0 Å². The van der Waals surface area contributed by atoms with Crippen molar-refractivity contribution in [3.05, 3.63) is 0 Å². The summed E-state index contributed by atoms with van der Waals surface area (Å²) >= 11 is 0. The molecule has 1 atom stereocenters. The van der Waals surface area contributed by atoms with Crippen molar-refractivity contribution in [3.63, 3.8) is 0 Å². The fourth-order valence-electron chi connectivity index (χ4n) is 1.65. The van der Waals surface area contributed by atoms with E-state index in [-0.39, 0.29) is 17.7 Å². The molecule has 0 spiro atoms. The average Bonchev–Trinajstić information content (AvgIpc) is 2.20. The number of nitrogens with zero attached hydrogens (tertiary/aromatic N) is 1. The summed E-state index contributed by atoms with van der Waals surface area (Å²) in [6, 6.07) is 0.291. The second kappa shape index (κ2) is 8.39. The molecule has 0 heterocycles. The van der Waals surface area contributed by atoms with Gasteiger partial charge in [-0.3, -0.25) is 4.79 Å². The van der Waals surface area contributed by atoms with Gasteiger partial charge in [0, 0.05) is 12.0 Å². The molecule has 0 radical (unpaired) electrons. The summed E-state index contributed by atoms with van der Waals surface area (Å²) in [6.45, 7) is 8.57. The van der Waals surface area contributed by atoms with Crippen LogP contribution in [0.3, 0.4) is 0 Å². The second-order valence-electron chi connectivity index (χ2n) is 4.81. The molecule has 2 N–H and O–H groups in total. The van der Waals surface area contributed by atoms with E-state index in [2.05, 4.69) is 24.3 Å². The SMILES string of the molecule is CC(C)NC(CCCCN=N)C(=O)C(C)C. The summed E-state index contributed by atoms with van der Waals surface area (Å²) in [5.74, 6) is 0.369. The molecular weight excluding hydrogens is 202 g/mol. The van der Waals surface area contributed by atoms with Gasteiger partial charge in [0.15, 0.2) is 5.78 Å². The van der Waals surface area contributed by atoms with Crippen molar-refractivity contribution in [1.29, 1.82) is 5.53 Å². The Morgan fingerprint density at radius 3 is 2.31 bits per heavy atom. The lowest BCUT2D eigenvalue weighted by Gasteiger charge is -2.21. The van der Waals surface area contributed by atoms with E-state index in [0.717, 1.165) is 19.3 Å². The second-order valence-corrected chi connectivity index (χ2v) is 4.81. The van der Waals surface area contributed by atoms with Gasteiger partial charge >= 0.3 is 0 Å². The number of carbonyl (C=O) groups is 1. The number of unbranched alkanes of at least 4 members (excludes halogenated alkanes) is 1. The highest BCUT2D eigenvalue weighted by molar-refractivity contribution is 5.85. The van der Waals surface area contributed by atoms with Crippen LogP contribution in [0.15, 0.2) is 5.11 Å². The normalized spacial score (nSPS) is 13.1. The number of carbonyl (C=O) groups excluding carboxylic acids is 1. The highest BCUT2D eigenvalue weighted by Gasteiger charge is 2.20. The largest absolute Gasteiger partial charge is 0.305 e. The zero-order chi connectivity index (χ0) is 12.6. The average molecular weight is 227 g/mol. The molecule has 0 saturated heterocycles. The lowest BCUT2D eigenvalue weighted by Crippen LogP contribution is -2.42.